The van der Waals surface area contributed by atoms with Crippen molar-refractivity contribution in [2.45, 2.75) is 26.2 Å². The summed E-state index contributed by atoms with van der Waals surface area (Å²) in [7, 11) is 0. The van der Waals surface area contributed by atoms with Crippen LogP contribution in [0.3, 0.4) is 0 Å². The van der Waals surface area contributed by atoms with Crippen LogP contribution in [0.2, 0.25) is 0 Å². The number of nitrogens with one attached hydrogen (secondary N) is 3. The van der Waals surface area contributed by atoms with Gasteiger partial charge in [-0.2, -0.15) is 0 Å². The van der Waals surface area contributed by atoms with E-state index in [1.54, 1.807) is 24.3 Å². The maximum absolute atomic E-state index is 12.0. The van der Waals surface area contributed by atoms with Crippen LogP contribution in [0.15, 0.2) is 24.3 Å². The molecule has 1 saturated heterocycles. The Labute approximate surface area is 125 Å². The van der Waals surface area contributed by atoms with Gasteiger partial charge in [0.25, 0.3) is 5.91 Å². The molecule has 1 aliphatic heterocycles. The van der Waals surface area contributed by atoms with Gasteiger partial charge in [-0.15, -0.1) is 0 Å². The van der Waals surface area contributed by atoms with Crippen LogP contribution in [0.5, 0.6) is 0 Å². The molecule has 1 atom stereocenters. The van der Waals surface area contributed by atoms with Crippen LogP contribution in [-0.4, -0.2) is 31.4 Å². The van der Waals surface area contributed by atoms with E-state index in [1.807, 2.05) is 6.92 Å². The fourth-order valence-electron chi connectivity index (χ4n) is 2.44. The van der Waals surface area contributed by atoms with E-state index in [2.05, 4.69) is 16.0 Å². The molecule has 5 nitrogen and oxygen atoms in total. The Balaban J connectivity index is 1.90. The lowest BCUT2D eigenvalue weighted by atomic mass is 10.0. The minimum Gasteiger partial charge on any atom is -0.352 e. The number of benzene rings is 1. The lowest BCUT2D eigenvalue weighted by molar-refractivity contribution is -0.116. The Morgan fingerprint density at radius 3 is 2.95 bits per heavy atom. The molecule has 0 aromatic heterocycles. The molecule has 21 heavy (non-hydrogen) atoms. The van der Waals surface area contributed by atoms with Crippen molar-refractivity contribution >= 4 is 17.5 Å². The van der Waals surface area contributed by atoms with E-state index in [4.69, 9.17) is 0 Å². The monoisotopic (exact) mass is 289 g/mol. The highest BCUT2D eigenvalue weighted by Crippen LogP contribution is 2.15. The number of carbonyl (C=O) groups excluding carboxylic acids is 2. The Morgan fingerprint density at radius 1 is 1.38 bits per heavy atom. The van der Waals surface area contributed by atoms with Crippen molar-refractivity contribution in [1.29, 1.82) is 0 Å². The van der Waals surface area contributed by atoms with Crippen LogP contribution in [0.4, 0.5) is 5.69 Å². The molecule has 0 radical (unpaired) electrons. The van der Waals surface area contributed by atoms with Crippen molar-refractivity contribution in [3.8, 4) is 0 Å². The Kier molecular flexibility index (Phi) is 5.75. The lowest BCUT2D eigenvalue weighted by Crippen LogP contribution is -2.24. The summed E-state index contributed by atoms with van der Waals surface area (Å²) in [5.41, 5.74) is 1.25. The third-order valence-electron chi connectivity index (χ3n) is 3.58. The van der Waals surface area contributed by atoms with Crippen LogP contribution in [0.25, 0.3) is 0 Å². The van der Waals surface area contributed by atoms with Gasteiger partial charge in [-0.1, -0.05) is 13.0 Å². The molecule has 1 unspecified atom stereocenters. The predicted octanol–water partition coefficient (Wildman–Crippen LogP) is 1.76. The molecule has 0 bridgehead atoms. The molecule has 1 heterocycles. The average molecular weight is 289 g/mol. The Morgan fingerprint density at radius 2 is 2.24 bits per heavy atom. The highest BCUT2D eigenvalue weighted by molar-refractivity contribution is 5.97. The van der Waals surface area contributed by atoms with Gasteiger partial charge in [0.15, 0.2) is 0 Å². The first-order valence-electron chi connectivity index (χ1n) is 7.58. The van der Waals surface area contributed by atoms with Gasteiger partial charge in [-0.3, -0.25) is 9.59 Å². The van der Waals surface area contributed by atoms with Crippen molar-refractivity contribution in [3.63, 3.8) is 0 Å². The Bertz CT molecular complexity index is 496. The zero-order chi connectivity index (χ0) is 15.1. The van der Waals surface area contributed by atoms with Crippen LogP contribution < -0.4 is 16.0 Å². The van der Waals surface area contributed by atoms with Crippen LogP contribution in [0, 0.1) is 5.92 Å². The standard InChI is InChI=1S/C16H23N3O2/c1-2-7-18-16(21)13-4-3-5-14(10-13)19-15(20)9-12-6-8-17-11-12/h3-5,10,12,17H,2,6-9,11H2,1H3,(H,18,21)(H,19,20). The SMILES string of the molecule is CCCNC(=O)c1cccc(NC(=O)CC2CCNC2)c1. The van der Waals surface area contributed by atoms with Crippen molar-refractivity contribution in [1.82, 2.24) is 10.6 Å². The third-order valence-corrected chi connectivity index (χ3v) is 3.58. The van der Waals surface area contributed by atoms with Crippen LogP contribution >= 0.6 is 0 Å². The smallest absolute Gasteiger partial charge is 0.251 e. The molecule has 2 rings (SSSR count). The average Bonchev–Trinajstić information content (AvgIpc) is 2.97. The summed E-state index contributed by atoms with van der Waals surface area (Å²) in [4.78, 5) is 23.9. The van der Waals surface area contributed by atoms with Gasteiger partial charge < -0.3 is 16.0 Å². The molecule has 114 valence electrons. The normalized spacial score (nSPS) is 17.5. The zero-order valence-electron chi connectivity index (χ0n) is 12.4. The predicted molar refractivity (Wildman–Crippen MR) is 83.3 cm³/mol. The van der Waals surface area contributed by atoms with E-state index in [0.717, 1.165) is 25.9 Å². The summed E-state index contributed by atoms with van der Waals surface area (Å²) >= 11 is 0. The van der Waals surface area contributed by atoms with Gasteiger partial charge in [0.2, 0.25) is 5.91 Å². The number of hydrogen-bond acceptors (Lipinski definition) is 3. The number of carbonyl (C=O) groups is 2. The van der Waals surface area contributed by atoms with E-state index in [1.165, 1.54) is 0 Å². The first-order chi connectivity index (χ1) is 10.2. The van der Waals surface area contributed by atoms with Crippen molar-refractivity contribution in [3.05, 3.63) is 29.8 Å². The molecule has 2 amide bonds. The van der Waals surface area contributed by atoms with Gasteiger partial charge in [-0.05, 0) is 50.0 Å². The number of anilines is 1. The molecule has 0 aliphatic carbocycles. The minimum atomic E-state index is -0.104. The highest BCUT2D eigenvalue weighted by atomic mass is 16.2. The van der Waals surface area contributed by atoms with E-state index in [9.17, 15) is 9.59 Å². The van der Waals surface area contributed by atoms with Crippen LogP contribution in [-0.2, 0) is 4.79 Å². The van der Waals surface area contributed by atoms with Crippen molar-refractivity contribution < 1.29 is 9.59 Å². The molecule has 1 aromatic rings. The van der Waals surface area contributed by atoms with E-state index < -0.39 is 0 Å². The first kappa shape index (κ1) is 15.5. The molecular weight excluding hydrogens is 266 g/mol. The van der Waals surface area contributed by atoms with Gasteiger partial charge in [0.1, 0.15) is 0 Å². The molecule has 1 fully saturated rings. The molecule has 0 saturated carbocycles. The second-order valence-electron chi connectivity index (χ2n) is 5.45. The third kappa shape index (κ3) is 4.86. The number of hydrogen-bond donors (Lipinski definition) is 3. The Hall–Kier alpha value is -1.88. The molecule has 0 spiro atoms. The fourth-order valence-corrected chi connectivity index (χ4v) is 2.44. The largest absolute Gasteiger partial charge is 0.352 e. The molecular formula is C16H23N3O2. The van der Waals surface area contributed by atoms with Crippen molar-refractivity contribution in [2.75, 3.05) is 25.0 Å². The van der Waals surface area contributed by atoms with E-state index in [-0.39, 0.29) is 11.8 Å². The first-order valence-corrected chi connectivity index (χ1v) is 7.58. The molecule has 3 N–H and O–H groups in total. The molecule has 1 aliphatic rings. The zero-order valence-corrected chi connectivity index (χ0v) is 12.4. The number of amides is 2. The summed E-state index contributed by atoms with van der Waals surface area (Å²) in [6.45, 7) is 4.57. The minimum absolute atomic E-state index is 0.00909. The van der Waals surface area contributed by atoms with Crippen molar-refractivity contribution in [2.24, 2.45) is 5.92 Å². The number of rotatable bonds is 6. The maximum atomic E-state index is 12.0. The summed E-state index contributed by atoms with van der Waals surface area (Å²) in [6.07, 6.45) is 2.48. The maximum Gasteiger partial charge on any atom is 0.251 e. The molecule has 1 aromatic carbocycles. The summed E-state index contributed by atoms with van der Waals surface area (Å²) in [5, 5.41) is 8.95. The van der Waals surface area contributed by atoms with Gasteiger partial charge in [0.05, 0.1) is 0 Å². The lowest BCUT2D eigenvalue weighted by Gasteiger charge is -2.10. The van der Waals surface area contributed by atoms with Gasteiger partial charge in [0, 0.05) is 24.2 Å². The van der Waals surface area contributed by atoms with Gasteiger partial charge in [-0.25, -0.2) is 0 Å². The summed E-state index contributed by atoms with van der Waals surface area (Å²) in [5.74, 6) is 0.323. The van der Waals surface area contributed by atoms with Crippen LogP contribution in [0.1, 0.15) is 36.5 Å². The highest BCUT2D eigenvalue weighted by Gasteiger charge is 2.18. The quantitative estimate of drug-likeness (QED) is 0.747. The van der Waals surface area contributed by atoms with E-state index >= 15 is 0 Å². The fraction of sp³-hybridized carbons (Fsp3) is 0.500. The topological polar surface area (TPSA) is 70.2 Å². The van der Waals surface area contributed by atoms with E-state index in [0.29, 0.717) is 30.1 Å². The summed E-state index contributed by atoms with van der Waals surface area (Å²) in [6, 6.07) is 7.06. The summed E-state index contributed by atoms with van der Waals surface area (Å²) < 4.78 is 0. The van der Waals surface area contributed by atoms with Gasteiger partial charge >= 0.3 is 0 Å². The second-order valence-corrected chi connectivity index (χ2v) is 5.45. The molecule has 5 heteroatoms. The second kappa shape index (κ2) is 7.78.